The third-order valence-electron chi connectivity index (χ3n) is 2.99. The van der Waals surface area contributed by atoms with Gasteiger partial charge in [0.15, 0.2) is 5.78 Å². The second-order valence-electron chi connectivity index (χ2n) is 4.67. The fourth-order valence-electron chi connectivity index (χ4n) is 1.99. The van der Waals surface area contributed by atoms with Crippen LogP contribution < -0.4 is 4.90 Å². The van der Waals surface area contributed by atoms with Gasteiger partial charge in [-0.25, -0.2) is 4.98 Å². The first-order valence-electron chi connectivity index (χ1n) is 6.02. The number of likely N-dealkylation sites (tertiary alicyclic amines) is 1. The number of nitrogens with zero attached hydrogens (tertiary/aromatic N) is 3. The predicted octanol–water partition coefficient (Wildman–Crippen LogP) is 0.953. The lowest BCUT2D eigenvalue weighted by Crippen LogP contribution is -2.40. The van der Waals surface area contributed by atoms with Crippen molar-refractivity contribution in [3.8, 4) is 0 Å². The number of hydrogen-bond acceptors (Lipinski definition) is 4. The van der Waals surface area contributed by atoms with E-state index in [9.17, 15) is 9.59 Å². The van der Waals surface area contributed by atoms with Crippen LogP contribution in [0.15, 0.2) is 18.3 Å². The summed E-state index contributed by atoms with van der Waals surface area (Å²) in [7, 11) is 3.75. The topological polar surface area (TPSA) is 53.5 Å². The molecule has 1 aromatic heterocycles. The smallest absolute Gasteiger partial charge is 0.254 e. The van der Waals surface area contributed by atoms with Gasteiger partial charge in [0.2, 0.25) is 0 Å². The maximum absolute atomic E-state index is 12.2. The van der Waals surface area contributed by atoms with E-state index in [1.807, 2.05) is 19.0 Å². The van der Waals surface area contributed by atoms with Crippen molar-refractivity contribution in [2.24, 2.45) is 0 Å². The Labute approximate surface area is 106 Å². The number of carbonyl (C=O) groups is 2. The van der Waals surface area contributed by atoms with Gasteiger partial charge in [-0.05, 0) is 18.6 Å². The first-order chi connectivity index (χ1) is 8.58. The molecule has 0 aliphatic carbocycles. The van der Waals surface area contributed by atoms with Gasteiger partial charge in [0.1, 0.15) is 5.82 Å². The zero-order valence-electron chi connectivity index (χ0n) is 10.7. The summed E-state index contributed by atoms with van der Waals surface area (Å²) in [6, 6.07) is 3.44. The lowest BCUT2D eigenvalue weighted by Gasteiger charge is -2.26. The Kier molecular flexibility index (Phi) is 3.60. The molecule has 0 aromatic carbocycles. The number of pyridine rings is 1. The molecule has 0 spiro atoms. The third kappa shape index (κ3) is 2.67. The van der Waals surface area contributed by atoms with Crippen LogP contribution in [0.1, 0.15) is 23.2 Å². The number of hydrogen-bond donors (Lipinski definition) is 0. The van der Waals surface area contributed by atoms with E-state index in [1.54, 1.807) is 23.2 Å². The molecule has 0 radical (unpaired) electrons. The summed E-state index contributed by atoms with van der Waals surface area (Å²) in [5, 5.41) is 0. The Morgan fingerprint density at radius 1 is 1.44 bits per heavy atom. The molecule has 2 rings (SSSR count). The molecule has 1 aliphatic heterocycles. The standard InChI is InChI=1S/C13H17N3O2/c1-15(2)12-8-10(5-6-14-12)13(18)16-7-3-4-11(17)9-16/h5-6,8H,3-4,7,9H2,1-2H3. The lowest BCUT2D eigenvalue weighted by molar-refractivity contribution is -0.121. The molecule has 2 heterocycles. The first kappa shape index (κ1) is 12.5. The monoisotopic (exact) mass is 247 g/mol. The molecule has 1 aliphatic rings. The van der Waals surface area contributed by atoms with Crippen LogP contribution in [0.5, 0.6) is 0 Å². The largest absolute Gasteiger partial charge is 0.363 e. The number of amides is 1. The number of aromatic nitrogens is 1. The highest BCUT2D eigenvalue weighted by atomic mass is 16.2. The Balaban J connectivity index is 2.17. The zero-order valence-corrected chi connectivity index (χ0v) is 10.7. The van der Waals surface area contributed by atoms with Gasteiger partial charge in [-0.15, -0.1) is 0 Å². The highest BCUT2D eigenvalue weighted by Gasteiger charge is 2.22. The first-order valence-corrected chi connectivity index (χ1v) is 6.02. The minimum Gasteiger partial charge on any atom is -0.363 e. The number of anilines is 1. The van der Waals surface area contributed by atoms with Crippen LogP contribution >= 0.6 is 0 Å². The van der Waals surface area contributed by atoms with E-state index >= 15 is 0 Å². The summed E-state index contributed by atoms with van der Waals surface area (Å²) in [6.07, 6.45) is 2.97. The van der Waals surface area contributed by atoms with Crippen LogP contribution in [0.4, 0.5) is 5.82 Å². The Bertz CT molecular complexity index is 471. The SMILES string of the molecule is CN(C)c1cc(C(=O)N2CCCC(=O)C2)ccn1. The number of carbonyl (C=O) groups excluding carboxylic acids is 2. The summed E-state index contributed by atoms with van der Waals surface area (Å²) in [6.45, 7) is 0.892. The molecule has 1 saturated heterocycles. The molecule has 5 nitrogen and oxygen atoms in total. The Hall–Kier alpha value is -1.91. The van der Waals surface area contributed by atoms with E-state index in [0.29, 0.717) is 18.5 Å². The maximum Gasteiger partial charge on any atom is 0.254 e. The molecule has 0 bridgehead atoms. The van der Waals surface area contributed by atoms with Gasteiger partial charge in [0, 0.05) is 38.8 Å². The summed E-state index contributed by atoms with van der Waals surface area (Å²) >= 11 is 0. The van der Waals surface area contributed by atoms with Crippen LogP contribution in [-0.4, -0.2) is 48.8 Å². The van der Waals surface area contributed by atoms with Gasteiger partial charge in [-0.1, -0.05) is 0 Å². The number of ketones is 1. The molecule has 0 N–H and O–H groups in total. The van der Waals surface area contributed by atoms with Gasteiger partial charge in [-0.3, -0.25) is 9.59 Å². The van der Waals surface area contributed by atoms with Gasteiger partial charge in [0.05, 0.1) is 6.54 Å². The van der Waals surface area contributed by atoms with E-state index in [-0.39, 0.29) is 18.2 Å². The molecule has 0 saturated carbocycles. The molecule has 0 atom stereocenters. The minimum absolute atomic E-state index is 0.0893. The number of piperidine rings is 1. The van der Waals surface area contributed by atoms with Crippen LogP contribution in [-0.2, 0) is 4.79 Å². The van der Waals surface area contributed by atoms with Crippen molar-refractivity contribution < 1.29 is 9.59 Å². The molecule has 96 valence electrons. The van der Waals surface area contributed by atoms with Crippen LogP contribution in [0.25, 0.3) is 0 Å². The lowest BCUT2D eigenvalue weighted by atomic mass is 10.1. The van der Waals surface area contributed by atoms with Crippen molar-refractivity contribution in [3.05, 3.63) is 23.9 Å². The molecule has 1 amide bonds. The van der Waals surface area contributed by atoms with Crippen LogP contribution in [0.3, 0.4) is 0 Å². The van der Waals surface area contributed by atoms with E-state index in [1.165, 1.54) is 0 Å². The fourth-order valence-corrected chi connectivity index (χ4v) is 1.99. The minimum atomic E-state index is -0.0893. The summed E-state index contributed by atoms with van der Waals surface area (Å²) in [5.41, 5.74) is 0.586. The van der Waals surface area contributed by atoms with Gasteiger partial charge >= 0.3 is 0 Å². The zero-order chi connectivity index (χ0) is 13.1. The molecular formula is C13H17N3O2. The van der Waals surface area contributed by atoms with Crippen LogP contribution in [0.2, 0.25) is 0 Å². The molecular weight excluding hydrogens is 230 g/mol. The van der Waals surface area contributed by atoms with Crippen molar-refractivity contribution in [2.45, 2.75) is 12.8 Å². The number of rotatable bonds is 2. The van der Waals surface area contributed by atoms with Crippen molar-refractivity contribution in [2.75, 3.05) is 32.1 Å². The second kappa shape index (κ2) is 5.16. The Morgan fingerprint density at radius 3 is 2.89 bits per heavy atom. The van der Waals surface area contributed by atoms with Crippen molar-refractivity contribution in [3.63, 3.8) is 0 Å². The highest BCUT2D eigenvalue weighted by molar-refractivity contribution is 5.97. The predicted molar refractivity (Wildman–Crippen MR) is 68.7 cm³/mol. The van der Waals surface area contributed by atoms with Gasteiger partial charge in [-0.2, -0.15) is 0 Å². The normalized spacial score (nSPS) is 15.7. The van der Waals surface area contributed by atoms with Crippen molar-refractivity contribution in [1.29, 1.82) is 0 Å². The van der Waals surface area contributed by atoms with Gasteiger partial charge in [0.25, 0.3) is 5.91 Å². The quantitative estimate of drug-likeness (QED) is 0.781. The van der Waals surface area contributed by atoms with E-state index < -0.39 is 0 Å². The molecule has 0 unspecified atom stereocenters. The Morgan fingerprint density at radius 2 is 2.22 bits per heavy atom. The summed E-state index contributed by atoms with van der Waals surface area (Å²) in [4.78, 5) is 31.2. The van der Waals surface area contributed by atoms with Crippen LogP contribution in [0, 0.1) is 0 Å². The average Bonchev–Trinajstić information content (AvgIpc) is 2.38. The average molecular weight is 247 g/mol. The number of Topliss-reactive ketones (excluding diaryl/α,β-unsaturated/α-hetero) is 1. The van der Waals surface area contributed by atoms with Gasteiger partial charge < -0.3 is 9.80 Å². The van der Waals surface area contributed by atoms with E-state index in [0.717, 1.165) is 12.2 Å². The molecule has 1 fully saturated rings. The molecule has 1 aromatic rings. The second-order valence-corrected chi connectivity index (χ2v) is 4.67. The molecule has 5 heteroatoms. The summed E-state index contributed by atoms with van der Waals surface area (Å²) < 4.78 is 0. The third-order valence-corrected chi connectivity index (χ3v) is 2.99. The van der Waals surface area contributed by atoms with E-state index in [4.69, 9.17) is 0 Å². The fraction of sp³-hybridized carbons (Fsp3) is 0.462. The molecule has 18 heavy (non-hydrogen) atoms. The summed E-state index contributed by atoms with van der Waals surface area (Å²) in [5.74, 6) is 0.786. The maximum atomic E-state index is 12.2. The van der Waals surface area contributed by atoms with Crippen molar-refractivity contribution in [1.82, 2.24) is 9.88 Å². The van der Waals surface area contributed by atoms with Crippen molar-refractivity contribution >= 4 is 17.5 Å². The van der Waals surface area contributed by atoms with E-state index in [2.05, 4.69) is 4.98 Å². The highest BCUT2D eigenvalue weighted by Crippen LogP contribution is 2.14.